The van der Waals surface area contributed by atoms with Crippen LogP contribution in [0.25, 0.3) is 0 Å². The third kappa shape index (κ3) is 6.37. The molecule has 1 aliphatic heterocycles. The van der Waals surface area contributed by atoms with Crippen LogP contribution in [0.2, 0.25) is 0 Å². The van der Waals surface area contributed by atoms with Crippen molar-refractivity contribution < 1.29 is 28.9 Å². The maximum atomic E-state index is 13.9. The molecule has 2 bridgehead atoms. The van der Waals surface area contributed by atoms with Gasteiger partial charge in [-0.3, -0.25) is 19.6 Å². The van der Waals surface area contributed by atoms with Crippen LogP contribution in [0.4, 0.5) is 0 Å². The minimum atomic E-state index is -0.811. The van der Waals surface area contributed by atoms with Crippen LogP contribution in [0.5, 0.6) is 0 Å². The third-order valence-corrected chi connectivity index (χ3v) is 10.0. The lowest BCUT2D eigenvalue weighted by Gasteiger charge is -2.64. The van der Waals surface area contributed by atoms with Crippen LogP contribution in [-0.2, 0) is 20.5 Å². The first-order valence-corrected chi connectivity index (χ1v) is 15.4. The Labute approximate surface area is 254 Å². The van der Waals surface area contributed by atoms with E-state index in [0.717, 1.165) is 18.4 Å². The molecule has 43 heavy (non-hydrogen) atoms. The summed E-state index contributed by atoms with van der Waals surface area (Å²) in [5, 5.41) is 15.0. The number of benzene rings is 2. The highest BCUT2D eigenvalue weighted by Crippen LogP contribution is 2.65. The molecule has 0 spiro atoms. The van der Waals surface area contributed by atoms with Crippen molar-refractivity contribution >= 4 is 24.8 Å². The van der Waals surface area contributed by atoms with E-state index < -0.39 is 25.0 Å². The van der Waals surface area contributed by atoms with E-state index in [1.165, 1.54) is 24.3 Å². The highest BCUT2D eigenvalue weighted by Gasteiger charge is 2.68. The molecule has 10 heteroatoms. The standard InChI is InChI=1S/C33H44BN3O6/c1-20(2)17-28(34-42-27-19-24-18-26(32(24,3)4)33(27,5)43-34)36-31(40)25(16-11-21-9-7-6-8-10-21)35-29(38)22-12-14-23(15-13-22)30(39)37-41/h6-10,12-15,20,24-28,41H,11,16-19H2,1-5H3,(H,35,38)(H,36,40)(H,37,39)/t24-,25+,26-,27?,28+,33-/m1/s1. The molecule has 3 saturated carbocycles. The topological polar surface area (TPSA) is 126 Å². The number of carbonyl (C=O) groups excluding carboxylic acids is 3. The Kier molecular flexibility index (Phi) is 9.02. The Hall–Kier alpha value is -3.21. The van der Waals surface area contributed by atoms with E-state index in [-0.39, 0.29) is 40.4 Å². The van der Waals surface area contributed by atoms with Gasteiger partial charge in [-0.15, -0.1) is 0 Å². The number of rotatable bonds is 11. The van der Waals surface area contributed by atoms with Crippen molar-refractivity contribution in [2.75, 3.05) is 0 Å². The number of hydrogen-bond donors (Lipinski definition) is 4. The lowest BCUT2D eigenvalue weighted by atomic mass is 9.43. The van der Waals surface area contributed by atoms with E-state index in [1.807, 2.05) is 30.3 Å². The average Bonchev–Trinajstić information content (AvgIpc) is 3.36. The van der Waals surface area contributed by atoms with Crippen molar-refractivity contribution in [3.63, 3.8) is 0 Å². The van der Waals surface area contributed by atoms with Crippen LogP contribution in [0.3, 0.4) is 0 Å². The molecule has 230 valence electrons. The van der Waals surface area contributed by atoms with Crippen LogP contribution in [-0.4, -0.2) is 53.7 Å². The highest BCUT2D eigenvalue weighted by atomic mass is 16.7. The summed E-state index contributed by atoms with van der Waals surface area (Å²) < 4.78 is 13.3. The van der Waals surface area contributed by atoms with Crippen LogP contribution >= 0.6 is 0 Å². The molecule has 1 unspecified atom stereocenters. The minimum absolute atomic E-state index is 0.00491. The van der Waals surface area contributed by atoms with E-state index >= 15 is 0 Å². The largest absolute Gasteiger partial charge is 0.481 e. The maximum Gasteiger partial charge on any atom is 0.481 e. The van der Waals surface area contributed by atoms with E-state index in [9.17, 15) is 14.4 Å². The molecule has 9 nitrogen and oxygen atoms in total. The molecule has 6 atom stereocenters. The number of aryl methyl sites for hydroxylation is 1. The van der Waals surface area contributed by atoms with Crippen LogP contribution in [0.15, 0.2) is 54.6 Å². The van der Waals surface area contributed by atoms with Gasteiger partial charge in [-0.25, -0.2) is 5.48 Å². The lowest BCUT2D eigenvalue weighted by Crippen LogP contribution is -2.65. The predicted molar refractivity (Wildman–Crippen MR) is 163 cm³/mol. The monoisotopic (exact) mass is 589 g/mol. The van der Waals surface area contributed by atoms with E-state index in [1.54, 1.807) is 5.48 Å². The average molecular weight is 590 g/mol. The fourth-order valence-corrected chi connectivity index (χ4v) is 7.40. The van der Waals surface area contributed by atoms with E-state index in [2.05, 4.69) is 45.3 Å². The van der Waals surface area contributed by atoms with Gasteiger partial charge in [0, 0.05) is 11.1 Å². The first-order valence-electron chi connectivity index (χ1n) is 15.4. The SMILES string of the molecule is CC(C)C[C@H](NC(=O)[C@H](CCc1ccccc1)NC(=O)c1ccc(C(=O)NO)cc1)B1OC2C[C@H]3C[C@H](C3(C)C)[C@@]2(C)O1. The molecule has 0 aromatic heterocycles. The molecular weight excluding hydrogens is 545 g/mol. The van der Waals surface area contributed by atoms with Crippen molar-refractivity contribution in [2.45, 2.75) is 90.4 Å². The van der Waals surface area contributed by atoms with Gasteiger partial charge >= 0.3 is 7.12 Å². The summed E-state index contributed by atoms with van der Waals surface area (Å²) in [4.78, 5) is 38.9. The second-order valence-electron chi connectivity index (χ2n) is 13.7. The Morgan fingerprint density at radius 2 is 1.60 bits per heavy atom. The summed E-state index contributed by atoms with van der Waals surface area (Å²) in [5.41, 5.74) is 2.98. The van der Waals surface area contributed by atoms with Gasteiger partial charge in [-0.1, -0.05) is 58.0 Å². The molecule has 0 radical (unpaired) electrons. The number of amides is 3. The number of hydrogen-bond acceptors (Lipinski definition) is 6. The second-order valence-corrected chi connectivity index (χ2v) is 13.7. The molecule has 3 aliphatic carbocycles. The van der Waals surface area contributed by atoms with Crippen LogP contribution < -0.4 is 16.1 Å². The first-order chi connectivity index (χ1) is 20.4. The van der Waals surface area contributed by atoms with Gasteiger partial charge < -0.3 is 19.9 Å². The van der Waals surface area contributed by atoms with Crippen molar-refractivity contribution in [1.29, 1.82) is 0 Å². The smallest absolute Gasteiger partial charge is 0.404 e. The van der Waals surface area contributed by atoms with Gasteiger partial charge in [-0.05, 0) is 92.0 Å². The summed E-state index contributed by atoms with van der Waals surface area (Å²) in [7, 11) is -0.563. The van der Waals surface area contributed by atoms with Gasteiger partial charge in [-0.2, -0.15) is 0 Å². The molecule has 2 aromatic carbocycles. The zero-order chi connectivity index (χ0) is 30.9. The number of carbonyl (C=O) groups is 3. The summed E-state index contributed by atoms with van der Waals surface area (Å²) >= 11 is 0. The third-order valence-electron chi connectivity index (χ3n) is 10.0. The van der Waals surface area contributed by atoms with Gasteiger partial charge in [0.25, 0.3) is 11.8 Å². The Morgan fingerprint density at radius 1 is 0.953 bits per heavy atom. The molecule has 1 heterocycles. The maximum absolute atomic E-state index is 13.9. The van der Waals surface area contributed by atoms with Crippen LogP contribution in [0, 0.1) is 23.2 Å². The molecule has 1 saturated heterocycles. The van der Waals surface area contributed by atoms with Crippen molar-refractivity contribution in [3.05, 3.63) is 71.3 Å². The Bertz CT molecular complexity index is 1320. The fourth-order valence-electron chi connectivity index (χ4n) is 7.40. The van der Waals surface area contributed by atoms with Crippen molar-refractivity contribution in [1.82, 2.24) is 16.1 Å². The zero-order valence-electron chi connectivity index (χ0n) is 25.8. The summed E-state index contributed by atoms with van der Waals surface area (Å²) in [6.07, 6.45) is 3.78. The van der Waals surface area contributed by atoms with Crippen molar-refractivity contribution in [2.24, 2.45) is 23.2 Å². The first kappa shape index (κ1) is 31.2. The molecule has 4 fully saturated rings. The molecule has 6 rings (SSSR count). The van der Waals surface area contributed by atoms with Gasteiger partial charge in [0.1, 0.15) is 6.04 Å². The molecule has 2 aromatic rings. The van der Waals surface area contributed by atoms with Gasteiger partial charge in [0.2, 0.25) is 5.91 Å². The quantitative estimate of drug-likeness (QED) is 0.176. The highest BCUT2D eigenvalue weighted by molar-refractivity contribution is 6.48. The Morgan fingerprint density at radius 3 is 2.21 bits per heavy atom. The molecule has 4 N–H and O–H groups in total. The van der Waals surface area contributed by atoms with Crippen LogP contribution in [0.1, 0.15) is 86.6 Å². The molecule has 4 aliphatic rings. The molecule has 3 amide bonds. The lowest BCUT2D eigenvalue weighted by molar-refractivity contribution is -0.199. The zero-order valence-corrected chi connectivity index (χ0v) is 25.8. The number of nitrogens with one attached hydrogen (secondary N) is 3. The van der Waals surface area contributed by atoms with Crippen molar-refractivity contribution in [3.8, 4) is 0 Å². The normalized spacial score (nSPS) is 26.6. The Balaban J connectivity index is 1.32. The predicted octanol–water partition coefficient (Wildman–Crippen LogP) is 4.34. The minimum Gasteiger partial charge on any atom is -0.404 e. The summed E-state index contributed by atoms with van der Waals surface area (Å²) in [5.74, 6) is -0.444. The van der Waals surface area contributed by atoms with E-state index in [4.69, 9.17) is 14.5 Å². The fraction of sp³-hybridized carbons (Fsp3) is 0.545. The van der Waals surface area contributed by atoms with Gasteiger partial charge in [0.05, 0.1) is 17.6 Å². The summed E-state index contributed by atoms with van der Waals surface area (Å²) in [6.45, 7) is 11.0. The summed E-state index contributed by atoms with van der Waals surface area (Å²) in [6, 6.07) is 14.9. The number of hydroxylamine groups is 1. The van der Waals surface area contributed by atoms with E-state index in [0.29, 0.717) is 36.7 Å². The molecular formula is C33H44BN3O6. The van der Waals surface area contributed by atoms with Gasteiger partial charge in [0.15, 0.2) is 0 Å². The second kappa shape index (κ2) is 12.4.